The van der Waals surface area contributed by atoms with E-state index in [1.165, 1.54) is 12.1 Å². The summed E-state index contributed by atoms with van der Waals surface area (Å²) in [6.07, 6.45) is 3.35. The fraction of sp³-hybridized carbons (Fsp3) is 0.636. The Morgan fingerprint density at radius 1 is 1.03 bits per heavy atom. The van der Waals surface area contributed by atoms with Crippen molar-refractivity contribution in [2.45, 2.75) is 37.8 Å². The van der Waals surface area contributed by atoms with Crippen molar-refractivity contribution in [1.82, 2.24) is 14.7 Å². The van der Waals surface area contributed by atoms with E-state index in [1.54, 1.807) is 12.1 Å². The highest BCUT2D eigenvalue weighted by atomic mass is 19.1. The first-order valence-corrected chi connectivity index (χ1v) is 10.9. The molecule has 0 bridgehead atoms. The number of likely N-dealkylation sites (tertiary alicyclic amines) is 2. The molecule has 0 aliphatic carbocycles. The molecule has 30 heavy (non-hydrogen) atoms. The summed E-state index contributed by atoms with van der Waals surface area (Å²) in [6.45, 7) is 5.41. The molecule has 0 aromatic heterocycles. The van der Waals surface area contributed by atoms with E-state index in [4.69, 9.17) is 9.47 Å². The van der Waals surface area contributed by atoms with Crippen LogP contribution in [-0.2, 0) is 14.3 Å². The van der Waals surface area contributed by atoms with Crippen LogP contribution >= 0.6 is 0 Å². The maximum absolute atomic E-state index is 13.0. The molecule has 3 heterocycles. The maximum atomic E-state index is 13.0. The number of morpholine rings is 1. The monoisotopic (exact) mass is 419 g/mol. The molecule has 0 unspecified atom stereocenters. The van der Waals surface area contributed by atoms with Crippen LogP contribution in [0.25, 0.3) is 0 Å². The van der Waals surface area contributed by atoms with Gasteiger partial charge in [-0.15, -0.1) is 0 Å². The smallest absolute Gasteiger partial charge is 0.248 e. The Balaban J connectivity index is 1.21. The van der Waals surface area contributed by atoms with Crippen molar-refractivity contribution < 1.29 is 23.5 Å². The van der Waals surface area contributed by atoms with Crippen molar-refractivity contribution in [2.75, 3.05) is 52.5 Å². The molecule has 3 aliphatic heterocycles. The van der Waals surface area contributed by atoms with Gasteiger partial charge in [0.05, 0.1) is 6.54 Å². The first-order chi connectivity index (χ1) is 14.6. The summed E-state index contributed by atoms with van der Waals surface area (Å²) < 4.78 is 24.4. The van der Waals surface area contributed by atoms with Gasteiger partial charge in [-0.2, -0.15) is 0 Å². The quantitative estimate of drug-likeness (QED) is 0.671. The second-order valence-electron chi connectivity index (χ2n) is 8.30. The Bertz CT molecular complexity index is 736. The van der Waals surface area contributed by atoms with E-state index < -0.39 is 0 Å². The number of piperidine rings is 1. The van der Waals surface area contributed by atoms with Gasteiger partial charge in [0.25, 0.3) is 0 Å². The minimum absolute atomic E-state index is 0.0362. The molecule has 0 saturated carbocycles. The first-order valence-electron chi connectivity index (χ1n) is 10.9. The standard InChI is InChI=1S/C22H30FN3O4/c23-17-3-5-19(6-4-17)29-15-20-14-26(22(28)16-30-20)18-7-10-24(11-8-18)12-13-25-9-1-2-21(25)27/h3-6,18,20H,1-2,7-16H2/t20-/m1/s1. The molecule has 3 saturated heterocycles. The van der Waals surface area contributed by atoms with Gasteiger partial charge in [0.15, 0.2) is 0 Å². The molecule has 2 amide bonds. The topological polar surface area (TPSA) is 62.3 Å². The van der Waals surface area contributed by atoms with E-state index in [0.717, 1.165) is 52.0 Å². The summed E-state index contributed by atoms with van der Waals surface area (Å²) in [7, 11) is 0. The normalized spacial score (nSPS) is 24.0. The average Bonchev–Trinajstić information content (AvgIpc) is 3.18. The van der Waals surface area contributed by atoms with Crippen LogP contribution in [0.1, 0.15) is 25.7 Å². The zero-order valence-corrected chi connectivity index (χ0v) is 17.3. The van der Waals surface area contributed by atoms with Crippen LogP contribution in [0.3, 0.4) is 0 Å². The van der Waals surface area contributed by atoms with E-state index >= 15 is 0 Å². The number of benzene rings is 1. The Labute approximate surface area is 176 Å². The van der Waals surface area contributed by atoms with Gasteiger partial charge in [-0.05, 0) is 43.5 Å². The zero-order valence-electron chi connectivity index (χ0n) is 17.3. The first kappa shape index (κ1) is 21.1. The number of hydrogen-bond acceptors (Lipinski definition) is 5. The summed E-state index contributed by atoms with van der Waals surface area (Å²) in [5, 5.41) is 0. The third-order valence-electron chi connectivity index (χ3n) is 6.27. The van der Waals surface area contributed by atoms with Crippen molar-refractivity contribution in [2.24, 2.45) is 0 Å². The minimum atomic E-state index is -0.300. The molecule has 1 aromatic carbocycles. The number of halogens is 1. The molecule has 8 heteroatoms. The van der Waals surface area contributed by atoms with Crippen molar-refractivity contribution >= 4 is 11.8 Å². The summed E-state index contributed by atoms with van der Waals surface area (Å²) in [4.78, 5) is 30.5. The number of hydrogen-bond donors (Lipinski definition) is 0. The number of carbonyl (C=O) groups excluding carboxylic acids is 2. The summed E-state index contributed by atoms with van der Waals surface area (Å²) >= 11 is 0. The van der Waals surface area contributed by atoms with Crippen LogP contribution in [0.15, 0.2) is 24.3 Å². The zero-order chi connectivity index (χ0) is 20.9. The summed E-state index contributed by atoms with van der Waals surface area (Å²) in [6, 6.07) is 6.12. The van der Waals surface area contributed by atoms with Gasteiger partial charge < -0.3 is 24.2 Å². The molecule has 164 valence electrons. The average molecular weight is 419 g/mol. The summed E-state index contributed by atoms with van der Waals surface area (Å²) in [5.41, 5.74) is 0. The van der Waals surface area contributed by atoms with Gasteiger partial charge >= 0.3 is 0 Å². The van der Waals surface area contributed by atoms with Crippen LogP contribution in [0, 0.1) is 5.82 Å². The molecule has 3 aliphatic rings. The highest BCUT2D eigenvalue weighted by Crippen LogP contribution is 2.21. The van der Waals surface area contributed by atoms with Crippen molar-refractivity contribution in [3.05, 3.63) is 30.1 Å². The highest BCUT2D eigenvalue weighted by Gasteiger charge is 2.34. The SMILES string of the molecule is O=C1CCCN1CCN1CCC(N2C[C@H](COc3ccc(F)cc3)OCC2=O)CC1. The largest absolute Gasteiger partial charge is 0.491 e. The van der Waals surface area contributed by atoms with Crippen molar-refractivity contribution in [3.8, 4) is 5.75 Å². The van der Waals surface area contributed by atoms with E-state index in [-0.39, 0.29) is 36.4 Å². The highest BCUT2D eigenvalue weighted by molar-refractivity contribution is 5.78. The van der Waals surface area contributed by atoms with Gasteiger partial charge in [0.2, 0.25) is 11.8 Å². The number of nitrogens with zero attached hydrogens (tertiary/aromatic N) is 3. The molecule has 1 aromatic rings. The van der Waals surface area contributed by atoms with E-state index in [9.17, 15) is 14.0 Å². The van der Waals surface area contributed by atoms with Crippen LogP contribution in [-0.4, -0.2) is 91.1 Å². The molecule has 7 nitrogen and oxygen atoms in total. The van der Waals surface area contributed by atoms with Crippen molar-refractivity contribution in [1.29, 1.82) is 0 Å². The Hall–Kier alpha value is -2.19. The van der Waals surface area contributed by atoms with Crippen LogP contribution in [0.4, 0.5) is 4.39 Å². The molecule has 0 N–H and O–H groups in total. The third kappa shape index (κ3) is 5.29. The van der Waals surface area contributed by atoms with Gasteiger partial charge in [-0.3, -0.25) is 9.59 Å². The second kappa shape index (κ2) is 9.75. The fourth-order valence-corrected chi connectivity index (χ4v) is 4.48. The van der Waals surface area contributed by atoms with E-state index in [2.05, 4.69) is 4.90 Å². The van der Waals surface area contributed by atoms with Crippen LogP contribution in [0.2, 0.25) is 0 Å². The number of rotatable bonds is 7. The molecular formula is C22H30FN3O4. The van der Waals surface area contributed by atoms with Gasteiger partial charge in [0.1, 0.15) is 30.9 Å². The van der Waals surface area contributed by atoms with Gasteiger partial charge in [0, 0.05) is 45.2 Å². The number of ether oxygens (including phenoxy) is 2. The maximum Gasteiger partial charge on any atom is 0.248 e. The summed E-state index contributed by atoms with van der Waals surface area (Å²) in [5.74, 6) is 0.603. The van der Waals surface area contributed by atoms with Gasteiger partial charge in [-0.1, -0.05) is 0 Å². The molecule has 0 spiro atoms. The second-order valence-corrected chi connectivity index (χ2v) is 8.30. The van der Waals surface area contributed by atoms with Crippen LogP contribution in [0.5, 0.6) is 5.75 Å². The van der Waals surface area contributed by atoms with E-state index in [1.807, 2.05) is 9.80 Å². The lowest BCUT2D eigenvalue weighted by Gasteiger charge is -2.42. The third-order valence-corrected chi connectivity index (χ3v) is 6.27. The lowest BCUT2D eigenvalue weighted by atomic mass is 10.0. The molecule has 3 fully saturated rings. The fourth-order valence-electron chi connectivity index (χ4n) is 4.48. The van der Waals surface area contributed by atoms with Crippen LogP contribution < -0.4 is 4.74 Å². The molecule has 1 atom stereocenters. The number of amides is 2. The Morgan fingerprint density at radius 2 is 1.80 bits per heavy atom. The molecule has 4 rings (SSSR count). The Morgan fingerprint density at radius 3 is 2.50 bits per heavy atom. The predicted molar refractivity (Wildman–Crippen MR) is 109 cm³/mol. The van der Waals surface area contributed by atoms with E-state index in [0.29, 0.717) is 25.3 Å². The lowest BCUT2D eigenvalue weighted by Crippen LogP contribution is -2.55. The minimum Gasteiger partial charge on any atom is -0.491 e. The Kier molecular flexibility index (Phi) is 6.84. The van der Waals surface area contributed by atoms with Gasteiger partial charge in [-0.25, -0.2) is 4.39 Å². The van der Waals surface area contributed by atoms with Crippen molar-refractivity contribution in [3.63, 3.8) is 0 Å². The molecule has 0 radical (unpaired) electrons. The predicted octanol–water partition coefficient (Wildman–Crippen LogP) is 1.52. The number of carbonyl (C=O) groups is 2. The lowest BCUT2D eigenvalue weighted by molar-refractivity contribution is -0.155. The molecular weight excluding hydrogens is 389 g/mol.